The van der Waals surface area contributed by atoms with Crippen molar-refractivity contribution >= 4 is 11.1 Å². The Bertz CT molecular complexity index is 355. The van der Waals surface area contributed by atoms with Crippen LogP contribution in [0.15, 0.2) is 22.7 Å². The fraction of sp³-hybridized carbons (Fsp3) is 0.455. The van der Waals surface area contributed by atoms with Gasteiger partial charge in [-0.25, -0.2) is 0 Å². The average Bonchev–Trinajstić information content (AvgIpc) is 2.71. The van der Waals surface area contributed by atoms with Crippen LogP contribution in [0.4, 0.5) is 0 Å². The van der Waals surface area contributed by atoms with Gasteiger partial charge in [-0.3, -0.25) is 0 Å². The lowest BCUT2D eigenvalue weighted by molar-refractivity contribution is 0.424. The predicted molar refractivity (Wildman–Crippen MR) is 59.2 cm³/mol. The van der Waals surface area contributed by atoms with Gasteiger partial charge in [0.05, 0.1) is 0 Å². The highest BCUT2D eigenvalue weighted by molar-refractivity contribution is 5.71. The van der Waals surface area contributed by atoms with Crippen LogP contribution < -0.4 is 0 Å². The molecule has 0 atom stereocenters. The molecular formula is C11H18N2O. The first-order chi connectivity index (χ1) is 6.86. The van der Waals surface area contributed by atoms with Gasteiger partial charge >= 0.3 is 0 Å². The third kappa shape index (κ3) is 3.17. The molecule has 0 saturated heterocycles. The maximum Gasteiger partial charge on any atom is 0.187 e. The summed E-state index contributed by atoms with van der Waals surface area (Å²) in [5, 5.41) is 7.16. The molecule has 0 radical (unpaired) electrons. The molecular weight excluding hydrogens is 176 g/mol. The summed E-state index contributed by atoms with van der Waals surface area (Å²) in [5.41, 5.74) is 2.72. The van der Waals surface area contributed by atoms with Crippen molar-refractivity contribution in [2.45, 2.75) is 34.6 Å². The number of aromatic nitrogens is 2. The number of hydrogen-bond acceptors (Lipinski definition) is 3. The molecule has 2 aromatic rings. The molecule has 0 aliphatic heterocycles. The van der Waals surface area contributed by atoms with Crippen molar-refractivity contribution in [1.82, 2.24) is 10.4 Å². The van der Waals surface area contributed by atoms with Crippen LogP contribution in [0.1, 0.15) is 33.3 Å². The molecule has 0 aliphatic rings. The maximum absolute atomic E-state index is 4.84. The minimum Gasteiger partial charge on any atom is -0.337 e. The van der Waals surface area contributed by atoms with Crippen molar-refractivity contribution in [2.24, 2.45) is 0 Å². The largest absolute Gasteiger partial charge is 0.337 e. The Labute approximate surface area is 85.1 Å². The van der Waals surface area contributed by atoms with Crippen molar-refractivity contribution in [3.05, 3.63) is 23.8 Å². The second-order valence-corrected chi connectivity index (χ2v) is 2.24. The minimum absolute atomic E-state index is 0.750. The van der Waals surface area contributed by atoms with Gasteiger partial charge in [0.1, 0.15) is 5.52 Å². The van der Waals surface area contributed by atoms with E-state index in [2.05, 4.69) is 10.4 Å². The summed E-state index contributed by atoms with van der Waals surface area (Å²) in [5.74, 6) is 0. The SMILES string of the molecule is CC.CC.Cc1ccc2nnoc2c1. The zero-order valence-corrected chi connectivity index (χ0v) is 9.53. The molecule has 3 heteroatoms. The Hall–Kier alpha value is -1.38. The monoisotopic (exact) mass is 194 g/mol. The van der Waals surface area contributed by atoms with E-state index in [1.807, 2.05) is 52.8 Å². The van der Waals surface area contributed by atoms with Crippen LogP contribution >= 0.6 is 0 Å². The summed E-state index contributed by atoms with van der Waals surface area (Å²) in [6, 6.07) is 5.78. The number of aryl methyl sites for hydroxylation is 1. The third-order valence-electron chi connectivity index (χ3n) is 1.40. The number of rotatable bonds is 0. The highest BCUT2D eigenvalue weighted by atomic mass is 16.5. The van der Waals surface area contributed by atoms with Crippen molar-refractivity contribution in [3.63, 3.8) is 0 Å². The fourth-order valence-electron chi connectivity index (χ4n) is 0.885. The molecule has 0 N–H and O–H groups in total. The predicted octanol–water partition coefficient (Wildman–Crippen LogP) is 3.58. The van der Waals surface area contributed by atoms with Gasteiger partial charge in [-0.15, -0.1) is 5.10 Å². The van der Waals surface area contributed by atoms with Gasteiger partial charge in [0.2, 0.25) is 0 Å². The zero-order chi connectivity index (χ0) is 11.0. The fourth-order valence-corrected chi connectivity index (χ4v) is 0.885. The molecule has 3 nitrogen and oxygen atoms in total. The molecule has 0 amide bonds. The molecule has 1 aromatic carbocycles. The molecule has 14 heavy (non-hydrogen) atoms. The second kappa shape index (κ2) is 7.06. The lowest BCUT2D eigenvalue weighted by Gasteiger charge is -1.85. The molecule has 78 valence electrons. The Kier molecular flexibility index (Phi) is 6.37. The van der Waals surface area contributed by atoms with Crippen molar-refractivity contribution in [1.29, 1.82) is 0 Å². The summed E-state index contributed by atoms with van der Waals surface area (Å²) in [7, 11) is 0. The van der Waals surface area contributed by atoms with Gasteiger partial charge in [-0.2, -0.15) is 0 Å². The topological polar surface area (TPSA) is 38.9 Å². The van der Waals surface area contributed by atoms with Gasteiger partial charge in [-0.05, 0) is 24.6 Å². The van der Waals surface area contributed by atoms with Gasteiger partial charge in [-0.1, -0.05) is 33.8 Å². The van der Waals surface area contributed by atoms with Crippen molar-refractivity contribution in [3.8, 4) is 0 Å². The van der Waals surface area contributed by atoms with Crippen molar-refractivity contribution in [2.75, 3.05) is 0 Å². The molecule has 0 bridgehead atoms. The quantitative estimate of drug-likeness (QED) is 0.643. The lowest BCUT2D eigenvalue weighted by Crippen LogP contribution is -1.70. The lowest BCUT2D eigenvalue weighted by atomic mass is 10.2. The molecule has 0 aliphatic carbocycles. The van der Waals surface area contributed by atoms with E-state index < -0.39 is 0 Å². The number of hydrogen-bond donors (Lipinski definition) is 0. The molecule has 1 heterocycles. The smallest absolute Gasteiger partial charge is 0.187 e. The third-order valence-corrected chi connectivity index (χ3v) is 1.40. The van der Waals surface area contributed by atoms with Crippen LogP contribution in [-0.2, 0) is 0 Å². The molecule has 0 spiro atoms. The van der Waals surface area contributed by atoms with Crippen LogP contribution in [0.3, 0.4) is 0 Å². The van der Waals surface area contributed by atoms with E-state index in [0.29, 0.717) is 0 Å². The Balaban J connectivity index is 0.000000379. The van der Waals surface area contributed by atoms with E-state index in [1.54, 1.807) is 0 Å². The van der Waals surface area contributed by atoms with Crippen LogP contribution in [0.25, 0.3) is 11.1 Å². The van der Waals surface area contributed by atoms with Gasteiger partial charge in [0, 0.05) is 5.27 Å². The summed E-state index contributed by atoms with van der Waals surface area (Å²) in [6.45, 7) is 10.0. The first-order valence-electron chi connectivity index (χ1n) is 5.05. The molecule has 0 saturated carbocycles. The van der Waals surface area contributed by atoms with Gasteiger partial charge in [0.25, 0.3) is 0 Å². The van der Waals surface area contributed by atoms with E-state index in [9.17, 15) is 0 Å². The zero-order valence-electron chi connectivity index (χ0n) is 9.53. The molecule has 2 rings (SSSR count). The van der Waals surface area contributed by atoms with Crippen molar-refractivity contribution < 1.29 is 4.52 Å². The summed E-state index contributed by atoms with van der Waals surface area (Å²) < 4.78 is 4.84. The number of benzene rings is 1. The highest BCUT2D eigenvalue weighted by Gasteiger charge is 1.97. The second-order valence-electron chi connectivity index (χ2n) is 2.24. The number of fused-ring (bicyclic) bond motifs is 1. The normalized spacial score (nSPS) is 8.36. The van der Waals surface area contributed by atoms with E-state index >= 15 is 0 Å². The molecule has 0 unspecified atom stereocenters. The van der Waals surface area contributed by atoms with Crippen LogP contribution in [0, 0.1) is 6.92 Å². The minimum atomic E-state index is 0.750. The van der Waals surface area contributed by atoms with E-state index in [1.165, 1.54) is 0 Å². The Morgan fingerprint density at radius 1 is 1.07 bits per heavy atom. The molecule has 0 fully saturated rings. The Morgan fingerprint density at radius 2 is 1.71 bits per heavy atom. The van der Waals surface area contributed by atoms with Crippen LogP contribution in [0.5, 0.6) is 0 Å². The Morgan fingerprint density at radius 3 is 2.36 bits per heavy atom. The van der Waals surface area contributed by atoms with E-state index in [0.717, 1.165) is 16.7 Å². The van der Waals surface area contributed by atoms with E-state index in [-0.39, 0.29) is 0 Å². The molecule has 1 aromatic heterocycles. The first-order valence-corrected chi connectivity index (χ1v) is 5.05. The number of nitrogens with zero attached hydrogens (tertiary/aromatic N) is 2. The summed E-state index contributed by atoms with van der Waals surface area (Å²) in [6.07, 6.45) is 0. The highest BCUT2D eigenvalue weighted by Crippen LogP contribution is 2.11. The summed E-state index contributed by atoms with van der Waals surface area (Å²) >= 11 is 0. The van der Waals surface area contributed by atoms with Crippen LogP contribution in [-0.4, -0.2) is 10.4 Å². The average molecular weight is 194 g/mol. The van der Waals surface area contributed by atoms with Gasteiger partial charge < -0.3 is 4.52 Å². The summed E-state index contributed by atoms with van der Waals surface area (Å²) in [4.78, 5) is 0. The van der Waals surface area contributed by atoms with E-state index in [4.69, 9.17) is 4.52 Å². The standard InChI is InChI=1S/C7H6N2O.2C2H6/c1-5-2-3-6-7(4-5)10-9-8-6;2*1-2/h2-4H,1H3;2*1-2H3. The maximum atomic E-state index is 4.84. The first kappa shape index (κ1) is 12.6. The van der Waals surface area contributed by atoms with Gasteiger partial charge in [0.15, 0.2) is 5.58 Å². The van der Waals surface area contributed by atoms with Crippen LogP contribution in [0.2, 0.25) is 0 Å².